The Hall–Kier alpha value is -3.95. The summed E-state index contributed by atoms with van der Waals surface area (Å²) in [5, 5.41) is 3.84. The van der Waals surface area contributed by atoms with Crippen LogP contribution in [0.2, 0.25) is 0 Å². The largest absolute Gasteiger partial charge is 0.308 e. The molecule has 3 heteroatoms. The molecule has 0 spiro atoms. The maximum atomic E-state index is 4.84. The Kier molecular flexibility index (Phi) is 3.64. The number of aromatic nitrogens is 2. The molecule has 0 amide bonds. The van der Waals surface area contributed by atoms with Crippen LogP contribution in [-0.4, -0.2) is 9.55 Å². The second-order valence-corrected chi connectivity index (χ2v) is 11.2. The number of rotatable bonds is 1. The minimum atomic E-state index is -0.0301. The van der Waals surface area contributed by atoms with E-state index in [9.17, 15) is 0 Å². The average Bonchev–Trinajstić information content (AvgIpc) is 3.49. The second kappa shape index (κ2) is 6.59. The summed E-state index contributed by atoms with van der Waals surface area (Å²) >= 11 is 1.87. The predicted octanol–water partition coefficient (Wildman–Crippen LogP) is 8.85. The summed E-state index contributed by atoms with van der Waals surface area (Å²) in [5.74, 6) is 0. The van der Waals surface area contributed by atoms with Gasteiger partial charge in [-0.1, -0.05) is 62.4 Å². The molecular formula is C32H22N2S. The number of nitrogens with zero attached hydrogens (tertiary/aromatic N) is 2. The van der Waals surface area contributed by atoms with Crippen molar-refractivity contribution in [3.05, 3.63) is 108 Å². The summed E-state index contributed by atoms with van der Waals surface area (Å²) in [4.78, 5) is 4.84. The Balaban J connectivity index is 1.46. The predicted molar refractivity (Wildman–Crippen MR) is 149 cm³/mol. The molecule has 3 aromatic heterocycles. The molecule has 0 saturated heterocycles. The molecule has 0 atom stereocenters. The van der Waals surface area contributed by atoms with E-state index in [4.69, 9.17) is 4.98 Å². The zero-order chi connectivity index (χ0) is 23.3. The van der Waals surface area contributed by atoms with Crippen LogP contribution in [0.4, 0.5) is 0 Å². The van der Waals surface area contributed by atoms with E-state index >= 15 is 0 Å². The van der Waals surface area contributed by atoms with Gasteiger partial charge in [0.25, 0.3) is 0 Å². The normalized spacial score (nSPS) is 14.2. The molecule has 0 unspecified atom stereocenters. The molecule has 0 aliphatic heterocycles. The van der Waals surface area contributed by atoms with Crippen molar-refractivity contribution in [3.8, 4) is 16.8 Å². The van der Waals surface area contributed by atoms with Gasteiger partial charge in [0.05, 0.1) is 16.6 Å². The minimum absolute atomic E-state index is 0.0301. The molecular weight excluding hydrogens is 444 g/mol. The van der Waals surface area contributed by atoms with Crippen molar-refractivity contribution in [2.24, 2.45) is 0 Å². The third kappa shape index (κ3) is 2.46. The van der Waals surface area contributed by atoms with E-state index in [1.807, 2.05) is 23.6 Å². The standard InChI is InChI=1S/C32H22N2S/c1-32(2)25-10-5-3-8-20(25)21-14-13-19(16-26(21)32)34-27-11-7-15-33-31(27)24-17-23-22-9-4-6-12-29(22)35-30(23)18-28(24)34/h3-18H,1-2H3. The SMILES string of the molecule is CC1(C)c2ccccc2-c2ccc(-n3c4cc5sc6ccccc6c5cc4c4ncccc43)cc21. The van der Waals surface area contributed by atoms with Gasteiger partial charge in [-0.25, -0.2) is 0 Å². The first kappa shape index (κ1) is 19.4. The maximum Gasteiger partial charge on any atom is 0.0963 e. The van der Waals surface area contributed by atoms with Crippen LogP contribution in [-0.2, 0) is 5.41 Å². The summed E-state index contributed by atoms with van der Waals surface area (Å²) in [7, 11) is 0. The van der Waals surface area contributed by atoms with E-state index in [0.717, 1.165) is 11.0 Å². The molecule has 35 heavy (non-hydrogen) atoms. The zero-order valence-corrected chi connectivity index (χ0v) is 20.4. The van der Waals surface area contributed by atoms with Crippen molar-refractivity contribution < 1.29 is 0 Å². The first-order chi connectivity index (χ1) is 17.1. The van der Waals surface area contributed by atoms with Crippen LogP contribution in [0.3, 0.4) is 0 Å². The molecule has 8 rings (SSSR count). The van der Waals surface area contributed by atoms with E-state index in [0.29, 0.717) is 0 Å². The number of benzene rings is 4. The summed E-state index contributed by atoms with van der Waals surface area (Å²) in [6.07, 6.45) is 1.91. The topological polar surface area (TPSA) is 17.8 Å². The average molecular weight is 467 g/mol. The van der Waals surface area contributed by atoms with E-state index in [1.165, 1.54) is 59.0 Å². The van der Waals surface area contributed by atoms with Crippen LogP contribution in [0.5, 0.6) is 0 Å². The number of hydrogen-bond donors (Lipinski definition) is 0. The number of fused-ring (bicyclic) bond motifs is 9. The van der Waals surface area contributed by atoms with E-state index in [1.54, 1.807) is 0 Å². The monoisotopic (exact) mass is 466 g/mol. The highest BCUT2D eigenvalue weighted by atomic mass is 32.1. The van der Waals surface area contributed by atoms with E-state index < -0.39 is 0 Å². The van der Waals surface area contributed by atoms with Gasteiger partial charge in [0.15, 0.2) is 0 Å². The Bertz CT molecular complexity index is 1990. The van der Waals surface area contributed by atoms with Crippen LogP contribution in [0, 0.1) is 0 Å². The van der Waals surface area contributed by atoms with Crippen LogP contribution < -0.4 is 0 Å². The lowest BCUT2D eigenvalue weighted by Gasteiger charge is -2.22. The first-order valence-corrected chi connectivity index (χ1v) is 12.9. The molecule has 0 bridgehead atoms. The van der Waals surface area contributed by atoms with Crippen molar-refractivity contribution in [2.75, 3.05) is 0 Å². The molecule has 7 aromatic rings. The molecule has 1 aliphatic carbocycles. The van der Waals surface area contributed by atoms with Gasteiger partial charge in [-0.05, 0) is 64.7 Å². The molecule has 2 nitrogen and oxygen atoms in total. The quantitative estimate of drug-likeness (QED) is 0.236. The second-order valence-electron chi connectivity index (χ2n) is 10.1. The number of thiophene rings is 1. The van der Waals surface area contributed by atoms with Crippen LogP contribution in [0.1, 0.15) is 25.0 Å². The van der Waals surface area contributed by atoms with Crippen molar-refractivity contribution in [2.45, 2.75) is 19.3 Å². The van der Waals surface area contributed by atoms with Crippen LogP contribution in [0.15, 0.2) is 97.2 Å². The number of hydrogen-bond acceptors (Lipinski definition) is 2. The number of pyridine rings is 1. The highest BCUT2D eigenvalue weighted by Crippen LogP contribution is 2.49. The summed E-state index contributed by atoms with van der Waals surface area (Å²) in [5.41, 5.74) is 10.1. The molecule has 1 aliphatic rings. The lowest BCUT2D eigenvalue weighted by atomic mass is 9.82. The molecule has 0 saturated carbocycles. The molecule has 0 fully saturated rings. The Morgan fingerprint density at radius 2 is 1.49 bits per heavy atom. The lowest BCUT2D eigenvalue weighted by molar-refractivity contribution is 0.660. The Morgan fingerprint density at radius 1 is 0.657 bits per heavy atom. The van der Waals surface area contributed by atoms with Gasteiger partial charge in [-0.15, -0.1) is 11.3 Å². The lowest BCUT2D eigenvalue weighted by Crippen LogP contribution is -2.15. The van der Waals surface area contributed by atoms with Gasteiger partial charge < -0.3 is 4.57 Å². The minimum Gasteiger partial charge on any atom is -0.308 e. The van der Waals surface area contributed by atoms with E-state index in [-0.39, 0.29) is 5.41 Å². The van der Waals surface area contributed by atoms with Crippen LogP contribution >= 0.6 is 11.3 Å². The fourth-order valence-electron chi connectivity index (χ4n) is 6.16. The van der Waals surface area contributed by atoms with E-state index in [2.05, 4.69) is 103 Å². The fraction of sp³-hybridized carbons (Fsp3) is 0.0938. The summed E-state index contributed by atoms with van der Waals surface area (Å²) in [6.45, 7) is 4.69. The fourth-order valence-corrected chi connectivity index (χ4v) is 7.28. The zero-order valence-electron chi connectivity index (χ0n) is 19.5. The smallest absolute Gasteiger partial charge is 0.0963 e. The highest BCUT2D eigenvalue weighted by molar-refractivity contribution is 7.25. The van der Waals surface area contributed by atoms with Gasteiger partial charge in [-0.2, -0.15) is 0 Å². The van der Waals surface area contributed by atoms with Crippen LogP contribution in [0.25, 0.3) is 58.9 Å². The third-order valence-electron chi connectivity index (χ3n) is 7.84. The third-order valence-corrected chi connectivity index (χ3v) is 8.98. The summed E-state index contributed by atoms with van der Waals surface area (Å²) < 4.78 is 5.05. The molecule has 0 N–H and O–H groups in total. The maximum absolute atomic E-state index is 4.84. The van der Waals surface area contributed by atoms with Crippen molar-refractivity contribution in [1.82, 2.24) is 9.55 Å². The molecule has 3 heterocycles. The van der Waals surface area contributed by atoms with Gasteiger partial charge >= 0.3 is 0 Å². The van der Waals surface area contributed by atoms with Crippen molar-refractivity contribution >= 4 is 53.4 Å². The van der Waals surface area contributed by atoms with Crippen molar-refractivity contribution in [3.63, 3.8) is 0 Å². The summed E-state index contributed by atoms with van der Waals surface area (Å²) in [6, 6.07) is 33.5. The van der Waals surface area contributed by atoms with Gasteiger partial charge in [0, 0.05) is 42.9 Å². The first-order valence-electron chi connectivity index (χ1n) is 12.1. The van der Waals surface area contributed by atoms with Crippen molar-refractivity contribution in [1.29, 1.82) is 0 Å². The molecule has 166 valence electrons. The van der Waals surface area contributed by atoms with Gasteiger partial charge in [0.1, 0.15) is 0 Å². The molecule has 0 radical (unpaired) electrons. The van der Waals surface area contributed by atoms with Gasteiger partial charge in [0.2, 0.25) is 0 Å². The Morgan fingerprint density at radius 3 is 2.43 bits per heavy atom. The molecule has 4 aromatic carbocycles. The highest BCUT2D eigenvalue weighted by Gasteiger charge is 2.35. The Labute approximate surface area is 207 Å². The van der Waals surface area contributed by atoms with Gasteiger partial charge in [-0.3, -0.25) is 4.98 Å².